The highest BCUT2D eigenvalue weighted by atomic mass is 32.1. The van der Waals surface area contributed by atoms with E-state index in [4.69, 9.17) is 5.73 Å². The number of amides is 1. The monoisotopic (exact) mass is 265 g/mol. The first-order valence-corrected chi connectivity index (χ1v) is 6.29. The first-order valence-electron chi connectivity index (χ1n) is 5.47. The molecule has 1 amide bonds. The van der Waals surface area contributed by atoms with E-state index in [0.29, 0.717) is 28.8 Å². The Hall–Kier alpha value is -1.75. The van der Waals surface area contributed by atoms with E-state index < -0.39 is 17.5 Å². The molecule has 1 aliphatic carbocycles. The van der Waals surface area contributed by atoms with Gasteiger partial charge in [0.05, 0.1) is 4.88 Å². The number of carbonyl (C=O) groups is 1. The molecule has 3 rings (SSSR count). The number of hydrogen-bond acceptors (Lipinski definition) is 2. The molecule has 0 saturated carbocycles. The van der Waals surface area contributed by atoms with E-state index in [1.165, 1.54) is 11.3 Å². The lowest BCUT2D eigenvalue weighted by Gasteiger charge is -2.16. The van der Waals surface area contributed by atoms with Gasteiger partial charge in [0.25, 0.3) is 5.91 Å². The van der Waals surface area contributed by atoms with Gasteiger partial charge in [0.15, 0.2) is 11.6 Å². The summed E-state index contributed by atoms with van der Waals surface area (Å²) >= 11 is 1.24. The maximum atomic E-state index is 13.7. The molecule has 2 nitrogen and oxygen atoms in total. The molecular formula is C13H9F2NOS. The summed E-state index contributed by atoms with van der Waals surface area (Å²) in [5.41, 5.74) is 7.28. The zero-order chi connectivity index (χ0) is 12.9. The fourth-order valence-corrected chi connectivity index (χ4v) is 3.39. The Morgan fingerprint density at radius 3 is 2.78 bits per heavy atom. The van der Waals surface area contributed by atoms with Crippen molar-refractivity contribution in [2.24, 2.45) is 5.73 Å². The normalized spacial score (nSPS) is 13.0. The molecule has 0 aliphatic heterocycles. The lowest BCUT2D eigenvalue weighted by atomic mass is 9.91. The number of thiophene rings is 1. The second-order valence-electron chi connectivity index (χ2n) is 4.22. The molecule has 2 N–H and O–H groups in total. The molecule has 1 aromatic heterocycles. The predicted octanol–water partition coefficient (Wildman–Crippen LogP) is 2.89. The molecule has 0 atom stereocenters. The van der Waals surface area contributed by atoms with E-state index in [0.717, 1.165) is 16.5 Å². The lowest BCUT2D eigenvalue weighted by molar-refractivity contribution is 0.100. The Morgan fingerprint density at radius 1 is 1.28 bits per heavy atom. The summed E-state index contributed by atoms with van der Waals surface area (Å²) in [5, 5.41) is 0. The van der Waals surface area contributed by atoms with E-state index in [-0.39, 0.29) is 0 Å². The Labute approximate surface area is 106 Å². The predicted molar refractivity (Wildman–Crippen MR) is 65.6 cm³/mol. The molecule has 0 bridgehead atoms. The number of rotatable bonds is 1. The molecule has 1 aromatic carbocycles. The zero-order valence-electron chi connectivity index (χ0n) is 9.30. The summed E-state index contributed by atoms with van der Waals surface area (Å²) < 4.78 is 26.9. The zero-order valence-corrected chi connectivity index (χ0v) is 10.1. The average molecular weight is 265 g/mol. The topological polar surface area (TPSA) is 43.1 Å². The quantitative estimate of drug-likeness (QED) is 0.846. The van der Waals surface area contributed by atoms with Gasteiger partial charge in [-0.1, -0.05) is 6.07 Å². The van der Waals surface area contributed by atoms with Crippen molar-refractivity contribution >= 4 is 17.2 Å². The van der Waals surface area contributed by atoms with Gasteiger partial charge in [-0.2, -0.15) is 0 Å². The smallest absolute Gasteiger partial charge is 0.258 e. The molecule has 2 aromatic rings. The van der Waals surface area contributed by atoms with Crippen molar-refractivity contribution in [2.45, 2.75) is 12.8 Å². The van der Waals surface area contributed by atoms with E-state index >= 15 is 0 Å². The van der Waals surface area contributed by atoms with Gasteiger partial charge in [0, 0.05) is 4.88 Å². The largest absolute Gasteiger partial charge is 0.365 e. The number of primary amides is 1. The first kappa shape index (κ1) is 11.3. The van der Waals surface area contributed by atoms with Gasteiger partial charge in [0.2, 0.25) is 0 Å². The molecule has 0 saturated heterocycles. The summed E-state index contributed by atoms with van der Waals surface area (Å²) in [7, 11) is 0. The van der Waals surface area contributed by atoms with Crippen LogP contribution in [0.3, 0.4) is 0 Å². The van der Waals surface area contributed by atoms with Crippen LogP contribution in [0.1, 0.15) is 20.8 Å². The summed E-state index contributed by atoms with van der Waals surface area (Å²) in [6, 6.07) is 4.42. The molecule has 92 valence electrons. The van der Waals surface area contributed by atoms with E-state index in [1.807, 2.05) is 0 Å². The van der Waals surface area contributed by atoms with Crippen LogP contribution in [0, 0.1) is 11.6 Å². The van der Waals surface area contributed by atoms with Crippen LogP contribution < -0.4 is 5.73 Å². The van der Waals surface area contributed by atoms with Crippen LogP contribution in [-0.4, -0.2) is 5.91 Å². The van der Waals surface area contributed by atoms with E-state index in [1.54, 1.807) is 12.1 Å². The maximum absolute atomic E-state index is 13.7. The number of aryl methyl sites for hydroxylation is 1. The van der Waals surface area contributed by atoms with Crippen molar-refractivity contribution in [3.8, 4) is 10.4 Å². The minimum absolute atomic E-state index is 0.389. The van der Waals surface area contributed by atoms with Crippen LogP contribution >= 0.6 is 11.3 Å². The summed E-state index contributed by atoms with van der Waals surface area (Å²) in [6.45, 7) is 0. The lowest BCUT2D eigenvalue weighted by Crippen LogP contribution is -2.08. The molecule has 0 radical (unpaired) electrons. The molecule has 0 unspecified atom stereocenters. The molecule has 1 aliphatic rings. The Morgan fingerprint density at radius 2 is 2.06 bits per heavy atom. The first-order chi connectivity index (χ1) is 8.58. The van der Waals surface area contributed by atoms with Crippen molar-refractivity contribution < 1.29 is 13.6 Å². The molecule has 1 heterocycles. The second kappa shape index (κ2) is 3.88. The van der Waals surface area contributed by atoms with Crippen LogP contribution in [-0.2, 0) is 12.8 Å². The third-order valence-corrected chi connectivity index (χ3v) is 4.36. The van der Waals surface area contributed by atoms with Crippen molar-refractivity contribution in [2.75, 3.05) is 0 Å². The number of halogens is 2. The van der Waals surface area contributed by atoms with Crippen LogP contribution in [0.5, 0.6) is 0 Å². The fraction of sp³-hybridized carbons (Fsp3) is 0.154. The summed E-state index contributed by atoms with van der Waals surface area (Å²) in [5.74, 6) is -2.10. The number of benzene rings is 1. The third kappa shape index (κ3) is 1.54. The number of nitrogens with two attached hydrogens (primary N) is 1. The van der Waals surface area contributed by atoms with Crippen molar-refractivity contribution in [1.82, 2.24) is 0 Å². The Balaban J connectivity index is 2.23. The second-order valence-corrected chi connectivity index (χ2v) is 5.27. The van der Waals surface area contributed by atoms with Crippen molar-refractivity contribution in [3.05, 3.63) is 45.8 Å². The van der Waals surface area contributed by atoms with Gasteiger partial charge in [-0.05, 0) is 41.7 Å². The van der Waals surface area contributed by atoms with Crippen molar-refractivity contribution in [1.29, 1.82) is 0 Å². The van der Waals surface area contributed by atoms with Gasteiger partial charge in [0.1, 0.15) is 0 Å². The van der Waals surface area contributed by atoms with Crippen LogP contribution in [0.4, 0.5) is 8.78 Å². The third-order valence-electron chi connectivity index (χ3n) is 3.14. The van der Waals surface area contributed by atoms with Gasteiger partial charge in [-0.25, -0.2) is 8.78 Å². The Bertz CT molecular complexity index is 663. The summed E-state index contributed by atoms with van der Waals surface area (Å²) in [6.07, 6.45) is 1.05. The highest BCUT2D eigenvalue weighted by molar-refractivity contribution is 7.17. The highest BCUT2D eigenvalue weighted by Gasteiger charge is 2.24. The fourth-order valence-electron chi connectivity index (χ4n) is 2.27. The van der Waals surface area contributed by atoms with Gasteiger partial charge in [-0.15, -0.1) is 11.3 Å². The van der Waals surface area contributed by atoms with E-state index in [9.17, 15) is 13.6 Å². The maximum Gasteiger partial charge on any atom is 0.258 e. The van der Waals surface area contributed by atoms with Crippen LogP contribution in [0.2, 0.25) is 0 Å². The van der Waals surface area contributed by atoms with Crippen LogP contribution in [0.15, 0.2) is 18.2 Å². The highest BCUT2D eigenvalue weighted by Crippen LogP contribution is 2.40. The van der Waals surface area contributed by atoms with Crippen molar-refractivity contribution in [3.63, 3.8) is 0 Å². The Kier molecular flexibility index (Phi) is 2.45. The SMILES string of the molecule is NC(=O)c1cc2c(s1)-c1ccc(F)c(F)c1CC2. The van der Waals surface area contributed by atoms with Gasteiger partial charge < -0.3 is 5.73 Å². The molecule has 5 heteroatoms. The van der Waals surface area contributed by atoms with E-state index in [2.05, 4.69) is 0 Å². The standard InChI is InChI=1S/C13H9F2NOS/c14-9-4-3-8-7(11(9)15)2-1-6-5-10(13(16)17)18-12(6)8/h3-5H,1-2H2,(H2,16,17). The summed E-state index contributed by atoms with van der Waals surface area (Å²) in [4.78, 5) is 12.4. The van der Waals surface area contributed by atoms with Crippen LogP contribution in [0.25, 0.3) is 10.4 Å². The minimum Gasteiger partial charge on any atom is -0.365 e. The molecule has 0 fully saturated rings. The van der Waals surface area contributed by atoms with Gasteiger partial charge in [-0.3, -0.25) is 4.79 Å². The minimum atomic E-state index is -0.830. The molecule has 18 heavy (non-hydrogen) atoms. The average Bonchev–Trinajstić information content (AvgIpc) is 2.77. The molecule has 0 spiro atoms. The van der Waals surface area contributed by atoms with Gasteiger partial charge >= 0.3 is 0 Å². The number of fused-ring (bicyclic) bond motifs is 3. The number of carbonyl (C=O) groups excluding carboxylic acids is 1. The molecular weight excluding hydrogens is 256 g/mol. The number of hydrogen-bond donors (Lipinski definition) is 1.